The van der Waals surface area contributed by atoms with Crippen LogP contribution in [0.3, 0.4) is 0 Å². The first-order chi connectivity index (χ1) is 9.35. The zero-order chi connectivity index (χ0) is 14.9. The summed E-state index contributed by atoms with van der Waals surface area (Å²) < 4.78 is 27.2. The number of aryl methyl sites for hydroxylation is 1. The zero-order valence-electron chi connectivity index (χ0n) is 11.7. The molecule has 1 aliphatic rings. The number of amides is 1. The normalized spacial score (nSPS) is 16.1. The first-order valence-corrected chi connectivity index (χ1v) is 7.96. The van der Waals surface area contributed by atoms with Crippen molar-refractivity contribution in [1.82, 2.24) is 4.72 Å². The van der Waals surface area contributed by atoms with Crippen molar-refractivity contribution in [2.24, 2.45) is 17.4 Å². The van der Waals surface area contributed by atoms with E-state index in [1.54, 1.807) is 13.0 Å². The molecule has 1 fully saturated rings. The molecule has 1 aromatic carbocycles. The Kier molecular flexibility index (Phi) is 5.75. The molecule has 1 saturated carbocycles. The van der Waals surface area contributed by atoms with Crippen LogP contribution in [0.1, 0.15) is 28.8 Å². The minimum Gasteiger partial charge on any atom is -0.366 e. The van der Waals surface area contributed by atoms with Crippen molar-refractivity contribution in [3.8, 4) is 0 Å². The van der Waals surface area contributed by atoms with Gasteiger partial charge in [0.1, 0.15) is 0 Å². The summed E-state index contributed by atoms with van der Waals surface area (Å²) in [6, 6.07) is 4.09. The summed E-state index contributed by atoms with van der Waals surface area (Å²) in [4.78, 5) is 11.3. The SMILES string of the molecule is Cc1ccc(S(=O)(=O)NC(CN)C2CC2)cc1C(N)=O.Cl. The van der Waals surface area contributed by atoms with E-state index in [0.29, 0.717) is 11.5 Å². The maximum Gasteiger partial charge on any atom is 0.249 e. The van der Waals surface area contributed by atoms with Crippen LogP contribution >= 0.6 is 12.4 Å². The molecule has 0 spiro atoms. The summed E-state index contributed by atoms with van der Waals surface area (Å²) in [6.07, 6.45) is 1.98. The number of rotatable bonds is 6. The summed E-state index contributed by atoms with van der Waals surface area (Å²) in [5.41, 5.74) is 11.7. The Hall–Kier alpha value is -1.15. The van der Waals surface area contributed by atoms with Gasteiger partial charge in [0.15, 0.2) is 0 Å². The van der Waals surface area contributed by atoms with Crippen LogP contribution in [-0.2, 0) is 10.0 Å². The lowest BCUT2D eigenvalue weighted by Crippen LogP contribution is -2.41. The maximum absolute atomic E-state index is 12.3. The standard InChI is InChI=1S/C13H19N3O3S.ClH/c1-8-2-5-10(6-11(8)13(15)17)20(18,19)16-12(7-14)9-3-4-9;/h2,5-6,9,12,16H,3-4,7,14H2,1H3,(H2,15,17);1H. The molecule has 118 valence electrons. The fraction of sp³-hybridized carbons (Fsp3) is 0.462. The van der Waals surface area contributed by atoms with E-state index in [1.165, 1.54) is 12.1 Å². The highest BCUT2D eigenvalue weighted by molar-refractivity contribution is 7.89. The molecule has 0 aliphatic heterocycles. The molecule has 2 rings (SSSR count). The Balaban J connectivity index is 0.00000220. The van der Waals surface area contributed by atoms with Crippen LogP contribution in [0, 0.1) is 12.8 Å². The number of benzene rings is 1. The zero-order valence-corrected chi connectivity index (χ0v) is 13.3. The molecule has 0 saturated heterocycles. The number of hydrogen-bond acceptors (Lipinski definition) is 4. The third kappa shape index (κ3) is 4.16. The third-order valence-corrected chi connectivity index (χ3v) is 5.02. The molecule has 0 radical (unpaired) electrons. The van der Waals surface area contributed by atoms with E-state index in [0.717, 1.165) is 12.8 Å². The van der Waals surface area contributed by atoms with Crippen molar-refractivity contribution in [3.05, 3.63) is 29.3 Å². The quantitative estimate of drug-likeness (QED) is 0.704. The van der Waals surface area contributed by atoms with E-state index in [-0.39, 0.29) is 35.5 Å². The Bertz CT molecular complexity index is 630. The van der Waals surface area contributed by atoms with Crippen LogP contribution in [0.25, 0.3) is 0 Å². The maximum atomic E-state index is 12.3. The van der Waals surface area contributed by atoms with E-state index >= 15 is 0 Å². The Labute approximate surface area is 130 Å². The number of carbonyl (C=O) groups excluding carboxylic acids is 1. The van der Waals surface area contributed by atoms with Gasteiger partial charge in [-0.2, -0.15) is 0 Å². The first-order valence-electron chi connectivity index (χ1n) is 6.48. The molecule has 5 N–H and O–H groups in total. The minimum atomic E-state index is -3.69. The second kappa shape index (κ2) is 6.74. The van der Waals surface area contributed by atoms with Crippen LogP contribution in [0.15, 0.2) is 23.1 Å². The lowest BCUT2D eigenvalue weighted by atomic mass is 10.1. The molecule has 1 aliphatic carbocycles. The third-order valence-electron chi connectivity index (χ3n) is 3.54. The van der Waals surface area contributed by atoms with Gasteiger partial charge in [-0.1, -0.05) is 6.07 Å². The van der Waals surface area contributed by atoms with Crippen LogP contribution in [0.4, 0.5) is 0 Å². The van der Waals surface area contributed by atoms with Gasteiger partial charge in [-0.3, -0.25) is 4.79 Å². The van der Waals surface area contributed by atoms with Crippen molar-refractivity contribution in [1.29, 1.82) is 0 Å². The highest BCUT2D eigenvalue weighted by Gasteiger charge is 2.33. The van der Waals surface area contributed by atoms with Gasteiger partial charge in [-0.15, -0.1) is 12.4 Å². The molecule has 0 aromatic heterocycles. The first kappa shape index (κ1) is 17.9. The van der Waals surface area contributed by atoms with Crippen molar-refractivity contribution < 1.29 is 13.2 Å². The average molecular weight is 334 g/mol. The van der Waals surface area contributed by atoms with Crippen molar-refractivity contribution >= 4 is 28.3 Å². The molecule has 21 heavy (non-hydrogen) atoms. The van der Waals surface area contributed by atoms with Crippen molar-refractivity contribution in [3.63, 3.8) is 0 Å². The smallest absolute Gasteiger partial charge is 0.249 e. The topological polar surface area (TPSA) is 115 Å². The second-order valence-corrected chi connectivity index (χ2v) is 6.86. The number of halogens is 1. The van der Waals surface area contributed by atoms with E-state index in [1.807, 2.05) is 0 Å². The van der Waals surface area contributed by atoms with Gasteiger partial charge in [0.05, 0.1) is 4.90 Å². The summed E-state index contributed by atoms with van der Waals surface area (Å²) in [6.45, 7) is 1.97. The Morgan fingerprint density at radius 2 is 2.05 bits per heavy atom. The lowest BCUT2D eigenvalue weighted by molar-refractivity contribution is 0.0999. The number of nitrogens with one attached hydrogen (secondary N) is 1. The molecule has 1 amide bonds. The number of hydrogen-bond donors (Lipinski definition) is 3. The molecule has 1 atom stereocenters. The molecule has 0 bridgehead atoms. The van der Waals surface area contributed by atoms with Crippen LogP contribution in [-0.4, -0.2) is 26.9 Å². The van der Waals surface area contributed by atoms with Crippen molar-refractivity contribution in [2.45, 2.75) is 30.7 Å². The number of nitrogens with two attached hydrogens (primary N) is 2. The molecule has 1 aromatic rings. The van der Waals surface area contributed by atoms with Gasteiger partial charge in [-0.05, 0) is 43.4 Å². The predicted molar refractivity (Wildman–Crippen MR) is 82.8 cm³/mol. The average Bonchev–Trinajstić information content (AvgIpc) is 3.20. The predicted octanol–water partition coefficient (Wildman–Crippen LogP) is 0.531. The van der Waals surface area contributed by atoms with E-state index in [4.69, 9.17) is 11.5 Å². The fourth-order valence-electron chi connectivity index (χ4n) is 2.14. The van der Waals surface area contributed by atoms with Gasteiger partial charge in [-0.25, -0.2) is 13.1 Å². The summed E-state index contributed by atoms with van der Waals surface area (Å²) in [5, 5.41) is 0. The van der Waals surface area contributed by atoms with E-state index in [9.17, 15) is 13.2 Å². The lowest BCUT2D eigenvalue weighted by Gasteiger charge is -2.16. The molecule has 6 nitrogen and oxygen atoms in total. The molecule has 1 unspecified atom stereocenters. The van der Waals surface area contributed by atoms with Gasteiger partial charge < -0.3 is 11.5 Å². The Morgan fingerprint density at radius 3 is 2.52 bits per heavy atom. The minimum absolute atomic E-state index is 0. The van der Waals surface area contributed by atoms with Crippen molar-refractivity contribution in [2.75, 3.05) is 6.54 Å². The summed E-state index contributed by atoms with van der Waals surface area (Å²) in [7, 11) is -3.69. The number of sulfonamides is 1. The monoisotopic (exact) mass is 333 g/mol. The number of carbonyl (C=O) groups is 1. The van der Waals surface area contributed by atoms with Crippen LogP contribution in [0.5, 0.6) is 0 Å². The second-order valence-electron chi connectivity index (χ2n) is 5.14. The fourth-order valence-corrected chi connectivity index (χ4v) is 3.48. The van der Waals surface area contributed by atoms with Gasteiger partial charge in [0, 0.05) is 18.2 Å². The van der Waals surface area contributed by atoms with E-state index < -0.39 is 15.9 Å². The molecule has 0 heterocycles. The van der Waals surface area contributed by atoms with Gasteiger partial charge >= 0.3 is 0 Å². The summed E-state index contributed by atoms with van der Waals surface area (Å²) in [5.74, 6) is -0.326. The Morgan fingerprint density at radius 1 is 1.43 bits per heavy atom. The largest absolute Gasteiger partial charge is 0.366 e. The van der Waals surface area contributed by atoms with Gasteiger partial charge in [0.2, 0.25) is 15.9 Å². The van der Waals surface area contributed by atoms with Crippen LogP contribution in [0.2, 0.25) is 0 Å². The highest BCUT2D eigenvalue weighted by atomic mass is 35.5. The van der Waals surface area contributed by atoms with E-state index in [2.05, 4.69) is 4.72 Å². The highest BCUT2D eigenvalue weighted by Crippen LogP contribution is 2.33. The summed E-state index contributed by atoms with van der Waals surface area (Å²) >= 11 is 0. The number of primary amides is 1. The molecular formula is C13H20ClN3O3S. The molecular weight excluding hydrogens is 314 g/mol. The van der Waals surface area contributed by atoms with Gasteiger partial charge in [0.25, 0.3) is 0 Å². The molecule has 8 heteroatoms. The van der Waals surface area contributed by atoms with Crippen LogP contribution < -0.4 is 16.2 Å².